The molecule has 7 nitrogen and oxygen atoms in total. The van der Waals surface area contributed by atoms with Crippen LogP contribution in [-0.4, -0.2) is 19.4 Å². The van der Waals surface area contributed by atoms with Crippen molar-refractivity contribution in [2.75, 3.05) is 15.4 Å². The molecule has 0 saturated heterocycles. The number of nitrogens with one attached hydrogen (secondary N) is 3. The predicted octanol–water partition coefficient (Wildman–Crippen LogP) is 5.19. The Labute approximate surface area is 182 Å². The number of anilines is 3. The largest absolute Gasteiger partial charge is 0.323 e. The van der Waals surface area contributed by atoms with Crippen LogP contribution in [0.5, 0.6) is 0 Å². The number of benzene rings is 3. The van der Waals surface area contributed by atoms with Crippen LogP contribution in [0.2, 0.25) is 0 Å². The first-order valence-corrected chi connectivity index (χ1v) is 11.4. The topological polar surface area (TPSA) is 100 Å². The first-order chi connectivity index (χ1) is 14.8. The Morgan fingerprint density at radius 3 is 2.39 bits per heavy atom. The zero-order valence-electron chi connectivity index (χ0n) is 16.2. The summed E-state index contributed by atoms with van der Waals surface area (Å²) < 4.78 is 41.6. The maximum absolute atomic E-state index is 13.2. The van der Waals surface area contributed by atoms with Crippen molar-refractivity contribution in [1.29, 1.82) is 0 Å². The highest BCUT2D eigenvalue weighted by Crippen LogP contribution is 2.29. The van der Waals surface area contributed by atoms with E-state index in [-0.39, 0.29) is 10.0 Å². The van der Waals surface area contributed by atoms with Crippen molar-refractivity contribution in [2.45, 2.75) is 11.8 Å². The molecule has 1 heterocycles. The van der Waals surface area contributed by atoms with Crippen molar-refractivity contribution in [3.63, 3.8) is 0 Å². The normalized spacial score (nSPS) is 11.3. The van der Waals surface area contributed by atoms with Gasteiger partial charge < -0.3 is 10.6 Å². The van der Waals surface area contributed by atoms with E-state index in [4.69, 9.17) is 0 Å². The number of halogens is 1. The minimum Gasteiger partial charge on any atom is -0.308 e. The van der Waals surface area contributed by atoms with Crippen molar-refractivity contribution < 1.29 is 17.6 Å². The number of thiazole rings is 1. The third-order valence-corrected chi connectivity index (χ3v) is 6.72. The van der Waals surface area contributed by atoms with Crippen LogP contribution in [0.3, 0.4) is 0 Å². The van der Waals surface area contributed by atoms with Gasteiger partial charge in [0, 0.05) is 11.4 Å². The van der Waals surface area contributed by atoms with Crippen molar-refractivity contribution >= 4 is 54.1 Å². The highest BCUT2D eigenvalue weighted by molar-refractivity contribution is 7.93. The first-order valence-electron chi connectivity index (χ1n) is 9.12. The molecule has 10 heteroatoms. The molecule has 4 rings (SSSR count). The number of hydrogen-bond donors (Lipinski definition) is 3. The first kappa shape index (κ1) is 20.8. The number of sulfonamides is 1. The van der Waals surface area contributed by atoms with Gasteiger partial charge in [0.15, 0.2) is 5.13 Å². The van der Waals surface area contributed by atoms with Crippen molar-refractivity contribution in [3.8, 4) is 0 Å². The molecule has 1 aromatic heterocycles. The van der Waals surface area contributed by atoms with Crippen LogP contribution in [0.15, 0.2) is 71.6 Å². The van der Waals surface area contributed by atoms with Crippen LogP contribution < -0.4 is 15.4 Å². The van der Waals surface area contributed by atoms with E-state index >= 15 is 0 Å². The Morgan fingerprint density at radius 1 is 0.968 bits per heavy atom. The highest BCUT2D eigenvalue weighted by atomic mass is 32.2. The fourth-order valence-corrected chi connectivity index (χ4v) is 4.88. The lowest BCUT2D eigenvalue weighted by molar-refractivity contribution is 0.262. The molecule has 0 radical (unpaired) electrons. The molecular formula is C21H17FN4O3S2. The van der Waals surface area contributed by atoms with Crippen LogP contribution in [0.25, 0.3) is 10.2 Å². The fraction of sp³-hybridized carbons (Fsp3) is 0.0476. The average molecular weight is 457 g/mol. The molecule has 2 amide bonds. The molecule has 0 fully saturated rings. The number of nitrogens with zero attached hydrogens (tertiary/aromatic N) is 1. The predicted molar refractivity (Wildman–Crippen MR) is 121 cm³/mol. The van der Waals surface area contributed by atoms with E-state index in [1.165, 1.54) is 41.7 Å². The molecule has 4 aromatic rings. The summed E-state index contributed by atoms with van der Waals surface area (Å²) in [5, 5.41) is 5.40. The molecular weight excluding hydrogens is 439 g/mol. The van der Waals surface area contributed by atoms with E-state index in [1.54, 1.807) is 36.4 Å². The van der Waals surface area contributed by atoms with Gasteiger partial charge >= 0.3 is 6.03 Å². The molecule has 3 N–H and O–H groups in total. The van der Waals surface area contributed by atoms with Crippen LogP contribution in [-0.2, 0) is 10.0 Å². The molecule has 0 spiro atoms. The quantitative estimate of drug-likeness (QED) is 0.385. The van der Waals surface area contributed by atoms with Crippen molar-refractivity contribution in [3.05, 3.63) is 78.1 Å². The van der Waals surface area contributed by atoms with Gasteiger partial charge in [-0.05, 0) is 55.5 Å². The van der Waals surface area contributed by atoms with Gasteiger partial charge in [0.05, 0.1) is 15.1 Å². The summed E-state index contributed by atoms with van der Waals surface area (Å²) in [6, 6.07) is 16.5. The van der Waals surface area contributed by atoms with Crippen LogP contribution >= 0.6 is 11.3 Å². The second-order valence-corrected chi connectivity index (χ2v) is 9.42. The lowest BCUT2D eigenvalue weighted by Gasteiger charge is -2.07. The molecule has 158 valence electrons. The Balaban J connectivity index is 1.49. The molecule has 0 atom stereocenters. The average Bonchev–Trinajstić information content (AvgIpc) is 3.09. The number of aromatic nitrogens is 1. The van der Waals surface area contributed by atoms with Gasteiger partial charge in [-0.3, -0.25) is 4.72 Å². The standard InChI is InChI=1S/C21H17FN4O3S2/c1-13-5-8-17(9-6-13)31(28,29)26-21-25-18-12-16(7-10-19(18)30-21)24-20(27)23-15-4-2-3-14(22)11-15/h2-12H,1H3,(H,25,26)(H2,23,24,27). The molecule has 0 unspecified atom stereocenters. The summed E-state index contributed by atoms with van der Waals surface area (Å²) in [6.45, 7) is 1.88. The summed E-state index contributed by atoms with van der Waals surface area (Å²) in [5.41, 5.74) is 2.26. The van der Waals surface area contributed by atoms with Crippen molar-refractivity contribution in [1.82, 2.24) is 4.98 Å². The number of amides is 2. The molecule has 3 aromatic carbocycles. The van der Waals surface area contributed by atoms with E-state index in [2.05, 4.69) is 20.3 Å². The monoisotopic (exact) mass is 456 g/mol. The second kappa shape index (κ2) is 8.32. The van der Waals surface area contributed by atoms with Crippen molar-refractivity contribution in [2.24, 2.45) is 0 Å². The lowest BCUT2D eigenvalue weighted by atomic mass is 10.2. The SMILES string of the molecule is Cc1ccc(S(=O)(=O)Nc2nc3cc(NC(=O)Nc4cccc(F)c4)ccc3s2)cc1. The Kier molecular flexibility index (Phi) is 5.57. The molecule has 0 aliphatic carbocycles. The Morgan fingerprint density at radius 2 is 1.68 bits per heavy atom. The van der Waals surface area contributed by atoms with Gasteiger partial charge in [-0.15, -0.1) is 0 Å². The Hall–Kier alpha value is -3.50. The summed E-state index contributed by atoms with van der Waals surface area (Å²) in [4.78, 5) is 16.6. The highest BCUT2D eigenvalue weighted by Gasteiger charge is 2.16. The summed E-state index contributed by atoms with van der Waals surface area (Å²) >= 11 is 1.18. The van der Waals surface area contributed by atoms with Crippen LogP contribution in [0, 0.1) is 12.7 Å². The third-order valence-electron chi connectivity index (χ3n) is 4.28. The molecule has 0 saturated carbocycles. The number of carbonyl (C=O) groups excluding carboxylic acids is 1. The molecule has 31 heavy (non-hydrogen) atoms. The second-order valence-electron chi connectivity index (χ2n) is 6.71. The lowest BCUT2D eigenvalue weighted by Crippen LogP contribution is -2.19. The maximum atomic E-state index is 13.2. The van der Waals surface area contributed by atoms with Gasteiger partial charge in [0.1, 0.15) is 5.82 Å². The fourth-order valence-electron chi connectivity index (χ4n) is 2.80. The van der Waals surface area contributed by atoms with E-state index in [9.17, 15) is 17.6 Å². The number of urea groups is 1. The number of aryl methyl sites for hydroxylation is 1. The van der Waals surface area contributed by atoms with E-state index < -0.39 is 21.9 Å². The summed E-state index contributed by atoms with van der Waals surface area (Å²) in [5.74, 6) is -0.456. The number of carbonyl (C=O) groups is 1. The van der Waals surface area contributed by atoms with Crippen LogP contribution in [0.1, 0.15) is 5.56 Å². The Bertz CT molecular complexity index is 1370. The minimum absolute atomic E-state index is 0.147. The zero-order valence-corrected chi connectivity index (χ0v) is 17.9. The van der Waals surface area contributed by atoms with Gasteiger partial charge in [-0.2, -0.15) is 0 Å². The third kappa shape index (κ3) is 4.98. The van der Waals surface area contributed by atoms with E-state index in [0.717, 1.165) is 10.3 Å². The summed E-state index contributed by atoms with van der Waals surface area (Å²) in [6.07, 6.45) is 0. The van der Waals surface area contributed by atoms with E-state index in [1.807, 2.05) is 6.92 Å². The maximum Gasteiger partial charge on any atom is 0.323 e. The summed E-state index contributed by atoms with van der Waals surface area (Å²) in [7, 11) is -3.76. The minimum atomic E-state index is -3.76. The molecule has 0 bridgehead atoms. The van der Waals surface area contributed by atoms with Gasteiger partial charge in [-0.25, -0.2) is 22.6 Å². The smallest absolute Gasteiger partial charge is 0.308 e. The van der Waals surface area contributed by atoms with Gasteiger partial charge in [0.25, 0.3) is 10.0 Å². The van der Waals surface area contributed by atoms with Crippen LogP contribution in [0.4, 0.5) is 25.7 Å². The van der Waals surface area contributed by atoms with E-state index in [0.29, 0.717) is 16.9 Å². The van der Waals surface area contributed by atoms with Gasteiger partial charge in [0.2, 0.25) is 0 Å². The number of fused-ring (bicyclic) bond motifs is 1. The molecule has 0 aliphatic heterocycles. The number of hydrogen-bond acceptors (Lipinski definition) is 5. The zero-order chi connectivity index (χ0) is 22.0. The van der Waals surface area contributed by atoms with Gasteiger partial charge in [-0.1, -0.05) is 35.1 Å². The number of rotatable bonds is 5. The molecule has 0 aliphatic rings.